The van der Waals surface area contributed by atoms with Gasteiger partial charge in [-0.05, 0) is 55.5 Å². The van der Waals surface area contributed by atoms with Crippen molar-refractivity contribution in [3.8, 4) is 0 Å². The number of carbonyl (C=O) groups is 2. The fourth-order valence-electron chi connectivity index (χ4n) is 6.27. The van der Waals surface area contributed by atoms with Gasteiger partial charge in [0, 0.05) is 31.1 Å². The molecule has 0 spiro atoms. The van der Waals surface area contributed by atoms with E-state index >= 15 is 0 Å². The second-order valence-corrected chi connectivity index (χ2v) is 11.8. The van der Waals surface area contributed by atoms with Crippen molar-refractivity contribution in [2.24, 2.45) is 5.92 Å². The average molecular weight is 604 g/mol. The molecule has 5 atom stereocenters. The Bertz CT molecular complexity index is 1230. The molecule has 3 aliphatic rings. The van der Waals surface area contributed by atoms with E-state index in [1.807, 2.05) is 48.5 Å². The highest BCUT2D eigenvalue weighted by molar-refractivity contribution is 5.90. The minimum Gasteiger partial charge on any atom is -0.392 e. The predicted octanol–water partition coefficient (Wildman–Crippen LogP) is 4.63. The van der Waals surface area contributed by atoms with Crippen LogP contribution in [-0.2, 0) is 32.2 Å². The number of hydrogen-bond donors (Lipinski definition) is 2. The Morgan fingerprint density at radius 3 is 2.21 bits per heavy atom. The molecular weight excluding hydrogens is 563 g/mol. The Morgan fingerprint density at radius 1 is 0.907 bits per heavy atom. The number of nitrogens with one attached hydrogen (secondary N) is 1. The minimum absolute atomic E-state index is 0.0257. The number of likely N-dealkylation sites (tertiary alicyclic amines) is 2. The Morgan fingerprint density at radius 2 is 1.56 bits per heavy atom. The summed E-state index contributed by atoms with van der Waals surface area (Å²) in [6, 6.07) is 14.1. The van der Waals surface area contributed by atoms with E-state index in [1.54, 1.807) is 0 Å². The van der Waals surface area contributed by atoms with Crippen molar-refractivity contribution in [2.75, 3.05) is 26.2 Å². The highest BCUT2D eigenvalue weighted by Crippen LogP contribution is 2.42. The zero-order valence-electron chi connectivity index (χ0n) is 24.4. The number of rotatable bonds is 8. The Balaban J connectivity index is 1.25. The summed E-state index contributed by atoms with van der Waals surface area (Å²) in [5, 5.41) is 12.2. The van der Waals surface area contributed by atoms with Crippen molar-refractivity contribution in [3.05, 3.63) is 70.8 Å². The summed E-state index contributed by atoms with van der Waals surface area (Å²) in [7, 11) is 0. The maximum atomic E-state index is 12.9. The van der Waals surface area contributed by atoms with E-state index in [1.165, 1.54) is 19.3 Å². The van der Waals surface area contributed by atoms with Crippen LogP contribution in [-0.4, -0.2) is 71.2 Å². The van der Waals surface area contributed by atoms with E-state index in [0.29, 0.717) is 11.3 Å². The quantitative estimate of drug-likeness (QED) is 0.458. The molecule has 43 heavy (non-hydrogen) atoms. The molecule has 11 heteroatoms. The van der Waals surface area contributed by atoms with Crippen LogP contribution in [0.2, 0.25) is 0 Å². The lowest BCUT2D eigenvalue weighted by Gasteiger charge is -2.43. The second-order valence-electron chi connectivity index (χ2n) is 11.8. The van der Waals surface area contributed by atoms with Crippen molar-refractivity contribution in [3.63, 3.8) is 0 Å². The fourth-order valence-corrected chi connectivity index (χ4v) is 6.27. The maximum absolute atomic E-state index is 12.9. The maximum Gasteiger partial charge on any atom is 0.471 e. The number of hydrogen-bond acceptors (Lipinski definition) is 6. The number of halogens is 3. The van der Waals surface area contributed by atoms with Gasteiger partial charge in [0.1, 0.15) is 6.04 Å². The van der Waals surface area contributed by atoms with E-state index in [4.69, 9.17) is 9.47 Å². The van der Waals surface area contributed by atoms with Crippen molar-refractivity contribution in [1.82, 2.24) is 15.1 Å². The smallest absolute Gasteiger partial charge is 0.392 e. The first-order chi connectivity index (χ1) is 20.6. The number of carbonyl (C=O) groups excluding carboxylic acids is 2. The van der Waals surface area contributed by atoms with Gasteiger partial charge in [-0.15, -0.1) is 0 Å². The first kappa shape index (κ1) is 31.4. The molecule has 2 aromatic rings. The first-order valence-electron chi connectivity index (χ1n) is 15.1. The molecule has 234 valence electrons. The van der Waals surface area contributed by atoms with Gasteiger partial charge in [0.05, 0.1) is 18.8 Å². The van der Waals surface area contributed by atoms with Gasteiger partial charge < -0.3 is 29.7 Å². The third-order valence-electron chi connectivity index (χ3n) is 8.79. The molecular formula is C32H40F3N3O5. The SMILES string of the molecule is C[C@H]1[C@@H](CN2CCCCC2)O[C@@H](c2ccc(CNC(=O)[C@@H]3CCCN3C(=O)C(F)(F)F)cc2)O[C@H]1c1ccc(CO)cc1. The first-order valence-corrected chi connectivity index (χ1v) is 15.1. The van der Waals surface area contributed by atoms with Crippen molar-refractivity contribution >= 4 is 11.8 Å². The van der Waals surface area contributed by atoms with Gasteiger partial charge in [-0.1, -0.05) is 61.9 Å². The largest absolute Gasteiger partial charge is 0.471 e. The minimum atomic E-state index is -5.01. The molecule has 0 saturated carbocycles. The van der Waals surface area contributed by atoms with Crippen LogP contribution < -0.4 is 5.32 Å². The molecule has 0 unspecified atom stereocenters. The van der Waals surface area contributed by atoms with E-state index in [-0.39, 0.29) is 44.2 Å². The normalized spacial score (nSPS) is 26.8. The number of piperidine rings is 1. The molecule has 3 fully saturated rings. The van der Waals surface area contributed by atoms with Crippen LogP contribution in [0.1, 0.15) is 73.7 Å². The fraction of sp³-hybridized carbons (Fsp3) is 0.562. The van der Waals surface area contributed by atoms with Crippen LogP contribution in [0.4, 0.5) is 13.2 Å². The highest BCUT2D eigenvalue weighted by atomic mass is 19.4. The highest BCUT2D eigenvalue weighted by Gasteiger charge is 2.47. The Labute approximate surface area is 250 Å². The predicted molar refractivity (Wildman–Crippen MR) is 152 cm³/mol. The second kappa shape index (κ2) is 13.8. The lowest BCUT2D eigenvalue weighted by Crippen LogP contribution is -2.50. The summed E-state index contributed by atoms with van der Waals surface area (Å²) in [5.74, 6) is -2.48. The standard InChI is InChI=1S/C32H40F3N3O5/c1-21-27(19-37-15-3-2-4-16-37)42-30(43-28(21)24-11-9-23(20-39)10-12-24)25-13-7-22(8-14-25)18-36-29(40)26-6-5-17-38(26)31(41)32(33,34)35/h7-14,21,26-28,30,39H,2-6,15-20H2,1H3,(H,36,40)/t21-,26-,27+,28+,30+/m0/s1. The van der Waals surface area contributed by atoms with E-state index < -0.39 is 30.3 Å². The summed E-state index contributed by atoms with van der Waals surface area (Å²) in [4.78, 5) is 27.5. The van der Waals surface area contributed by atoms with Crippen LogP contribution in [0.3, 0.4) is 0 Å². The van der Waals surface area contributed by atoms with Gasteiger partial charge in [0.15, 0.2) is 6.29 Å². The molecule has 3 saturated heterocycles. The van der Waals surface area contributed by atoms with Crippen molar-refractivity contribution in [1.29, 1.82) is 0 Å². The summed E-state index contributed by atoms with van der Waals surface area (Å²) >= 11 is 0. The average Bonchev–Trinajstić information content (AvgIpc) is 3.51. The molecule has 0 aromatic heterocycles. The van der Waals surface area contributed by atoms with E-state index in [2.05, 4.69) is 17.1 Å². The Hall–Kier alpha value is -2.99. The lowest BCUT2D eigenvalue weighted by atomic mass is 9.89. The van der Waals surface area contributed by atoms with Crippen molar-refractivity contribution < 1.29 is 37.3 Å². The van der Waals surface area contributed by atoms with Crippen molar-refractivity contribution in [2.45, 2.75) is 82.9 Å². The zero-order valence-corrected chi connectivity index (χ0v) is 24.4. The van der Waals surface area contributed by atoms with Gasteiger partial charge in [-0.3, -0.25) is 9.59 Å². The van der Waals surface area contributed by atoms with Gasteiger partial charge in [-0.25, -0.2) is 0 Å². The van der Waals surface area contributed by atoms with Crippen LogP contribution in [0.15, 0.2) is 48.5 Å². The molecule has 3 heterocycles. The summed E-state index contributed by atoms with van der Waals surface area (Å²) in [5.41, 5.74) is 3.43. The summed E-state index contributed by atoms with van der Waals surface area (Å²) < 4.78 is 51.9. The van der Waals surface area contributed by atoms with E-state index in [9.17, 15) is 27.9 Å². The summed E-state index contributed by atoms with van der Waals surface area (Å²) in [6.45, 7) is 5.07. The topological polar surface area (TPSA) is 91.3 Å². The van der Waals surface area contributed by atoms with Gasteiger partial charge in [0.25, 0.3) is 0 Å². The van der Waals surface area contributed by atoms with E-state index in [0.717, 1.165) is 41.9 Å². The molecule has 8 nitrogen and oxygen atoms in total. The molecule has 2 amide bonds. The van der Waals surface area contributed by atoms with Crippen LogP contribution in [0.5, 0.6) is 0 Å². The van der Waals surface area contributed by atoms with Crippen LogP contribution >= 0.6 is 0 Å². The van der Waals surface area contributed by atoms with Gasteiger partial charge in [0.2, 0.25) is 5.91 Å². The number of amides is 2. The molecule has 0 aliphatic carbocycles. The summed E-state index contributed by atoms with van der Waals surface area (Å²) in [6.07, 6.45) is -1.73. The monoisotopic (exact) mass is 603 g/mol. The number of alkyl halides is 3. The van der Waals surface area contributed by atoms with Gasteiger partial charge >= 0.3 is 12.1 Å². The number of aliphatic hydroxyl groups excluding tert-OH is 1. The number of aliphatic hydroxyl groups is 1. The Kier molecular flexibility index (Phi) is 10.1. The molecule has 0 bridgehead atoms. The zero-order chi connectivity index (χ0) is 30.6. The number of nitrogens with zero attached hydrogens (tertiary/aromatic N) is 2. The molecule has 3 aliphatic heterocycles. The van der Waals surface area contributed by atoms with Crippen LogP contribution in [0, 0.1) is 5.92 Å². The number of benzene rings is 2. The molecule has 2 N–H and O–H groups in total. The third kappa shape index (κ3) is 7.57. The molecule has 0 radical (unpaired) electrons. The third-order valence-corrected chi connectivity index (χ3v) is 8.79. The molecule has 2 aromatic carbocycles. The van der Waals surface area contributed by atoms with Gasteiger partial charge in [-0.2, -0.15) is 13.2 Å². The lowest BCUT2D eigenvalue weighted by molar-refractivity contribution is -0.276. The van der Waals surface area contributed by atoms with Crippen LogP contribution in [0.25, 0.3) is 0 Å². The number of ether oxygens (including phenoxy) is 2. The molecule has 5 rings (SSSR count).